The number of aryl methyl sites for hydroxylation is 2. The number of aliphatic hydroxyl groups excluding tert-OH is 1. The predicted molar refractivity (Wildman–Crippen MR) is 106 cm³/mol. The highest BCUT2D eigenvalue weighted by molar-refractivity contribution is 5.92. The number of H-pyrrole nitrogens is 1. The van der Waals surface area contributed by atoms with Gasteiger partial charge in [0.05, 0.1) is 17.8 Å². The summed E-state index contributed by atoms with van der Waals surface area (Å²) >= 11 is 0. The third-order valence-corrected chi connectivity index (χ3v) is 5.86. The molecule has 3 N–H and O–H groups in total. The van der Waals surface area contributed by atoms with Crippen LogP contribution >= 0.6 is 0 Å². The molecule has 1 aliphatic heterocycles. The molecule has 3 heterocycles. The van der Waals surface area contributed by atoms with Crippen molar-refractivity contribution in [1.82, 2.24) is 25.4 Å². The Labute approximate surface area is 169 Å². The lowest BCUT2D eigenvalue weighted by Gasteiger charge is -2.36. The summed E-state index contributed by atoms with van der Waals surface area (Å²) in [6, 6.07) is 4.60. The SMILES string of the molecule is O=C(N[C@@H]1CN(C(=O)CCc2n[nH]c3c2CCCC3)CC[C@@H]1O)c1ccccn1. The molecule has 8 heteroatoms. The second-order valence-electron chi connectivity index (χ2n) is 7.83. The van der Waals surface area contributed by atoms with Crippen LogP contribution in [-0.4, -0.2) is 62.2 Å². The van der Waals surface area contributed by atoms with E-state index in [1.54, 1.807) is 29.3 Å². The fraction of sp³-hybridized carbons (Fsp3) is 0.524. The third-order valence-electron chi connectivity index (χ3n) is 5.86. The molecule has 2 aromatic heterocycles. The van der Waals surface area contributed by atoms with Gasteiger partial charge in [-0.15, -0.1) is 0 Å². The molecule has 0 spiro atoms. The monoisotopic (exact) mass is 397 g/mol. The standard InChI is InChI=1S/C21H27N5O3/c27-19-10-12-26(13-18(19)23-21(29)17-7-3-4-11-22-17)20(28)9-8-16-14-5-1-2-6-15(14)24-25-16/h3-4,7,11,18-19,27H,1-2,5-6,8-10,12-13H2,(H,23,29)(H,24,25)/t18-,19+/m1/s1. The Morgan fingerprint density at radius 2 is 2.14 bits per heavy atom. The second kappa shape index (κ2) is 8.73. The molecule has 2 aliphatic rings. The Morgan fingerprint density at radius 3 is 2.97 bits per heavy atom. The quantitative estimate of drug-likeness (QED) is 0.697. The highest BCUT2D eigenvalue weighted by Gasteiger charge is 2.31. The summed E-state index contributed by atoms with van der Waals surface area (Å²) in [5.41, 5.74) is 3.81. The number of carbonyl (C=O) groups is 2. The molecule has 0 bridgehead atoms. The first-order valence-electron chi connectivity index (χ1n) is 10.3. The molecule has 2 atom stereocenters. The van der Waals surface area contributed by atoms with E-state index in [2.05, 4.69) is 20.5 Å². The topological polar surface area (TPSA) is 111 Å². The molecule has 8 nitrogen and oxygen atoms in total. The van der Waals surface area contributed by atoms with Gasteiger partial charge in [0.1, 0.15) is 5.69 Å². The molecule has 0 radical (unpaired) electrons. The number of hydrogen-bond acceptors (Lipinski definition) is 5. The molecular formula is C21H27N5O3. The zero-order valence-electron chi connectivity index (χ0n) is 16.4. The highest BCUT2D eigenvalue weighted by atomic mass is 16.3. The van der Waals surface area contributed by atoms with Crippen molar-refractivity contribution in [2.75, 3.05) is 13.1 Å². The minimum absolute atomic E-state index is 0.0292. The summed E-state index contributed by atoms with van der Waals surface area (Å²) in [5, 5.41) is 20.6. The summed E-state index contributed by atoms with van der Waals surface area (Å²) in [7, 11) is 0. The summed E-state index contributed by atoms with van der Waals surface area (Å²) < 4.78 is 0. The van der Waals surface area contributed by atoms with E-state index in [0.29, 0.717) is 38.0 Å². The zero-order valence-corrected chi connectivity index (χ0v) is 16.4. The fourth-order valence-electron chi connectivity index (χ4n) is 4.19. The number of rotatable bonds is 5. The van der Waals surface area contributed by atoms with E-state index >= 15 is 0 Å². The van der Waals surface area contributed by atoms with Gasteiger partial charge in [-0.25, -0.2) is 0 Å². The number of carbonyl (C=O) groups excluding carboxylic acids is 2. The van der Waals surface area contributed by atoms with Crippen LogP contribution in [0.3, 0.4) is 0 Å². The largest absolute Gasteiger partial charge is 0.391 e. The second-order valence-corrected chi connectivity index (χ2v) is 7.83. The van der Waals surface area contributed by atoms with E-state index in [0.717, 1.165) is 18.5 Å². The first-order valence-corrected chi connectivity index (χ1v) is 10.3. The minimum Gasteiger partial charge on any atom is -0.391 e. The van der Waals surface area contributed by atoms with Crippen molar-refractivity contribution in [3.8, 4) is 0 Å². The van der Waals surface area contributed by atoms with E-state index in [4.69, 9.17) is 0 Å². The van der Waals surface area contributed by atoms with Gasteiger partial charge in [-0.3, -0.25) is 19.7 Å². The van der Waals surface area contributed by atoms with Crippen LogP contribution in [0.2, 0.25) is 0 Å². The zero-order chi connectivity index (χ0) is 20.2. The Balaban J connectivity index is 1.33. The molecule has 0 unspecified atom stereocenters. The smallest absolute Gasteiger partial charge is 0.270 e. The molecule has 1 saturated heterocycles. The molecular weight excluding hydrogens is 370 g/mol. The molecule has 2 amide bonds. The van der Waals surface area contributed by atoms with Gasteiger partial charge in [0.15, 0.2) is 0 Å². The summed E-state index contributed by atoms with van der Waals surface area (Å²) in [5.74, 6) is -0.311. The average molecular weight is 397 g/mol. The Morgan fingerprint density at radius 1 is 1.28 bits per heavy atom. The number of likely N-dealkylation sites (tertiary alicyclic amines) is 1. The summed E-state index contributed by atoms with van der Waals surface area (Å²) in [6.07, 6.45) is 6.76. The number of hydrogen-bond donors (Lipinski definition) is 3. The van der Waals surface area contributed by atoms with E-state index in [1.807, 2.05) is 0 Å². The number of pyridine rings is 1. The van der Waals surface area contributed by atoms with E-state index in [9.17, 15) is 14.7 Å². The van der Waals surface area contributed by atoms with Crippen molar-refractivity contribution in [1.29, 1.82) is 0 Å². The van der Waals surface area contributed by atoms with Gasteiger partial charge in [0.25, 0.3) is 5.91 Å². The summed E-state index contributed by atoms with van der Waals surface area (Å²) in [6.45, 7) is 0.797. The lowest BCUT2D eigenvalue weighted by Crippen LogP contribution is -2.56. The normalized spacial score (nSPS) is 21.5. The predicted octanol–water partition coefficient (Wildman–Crippen LogP) is 1.01. The molecule has 2 aromatic rings. The van der Waals surface area contributed by atoms with Crippen molar-refractivity contribution < 1.29 is 14.7 Å². The van der Waals surface area contributed by atoms with Gasteiger partial charge >= 0.3 is 0 Å². The Bertz CT molecular complexity index is 866. The molecule has 29 heavy (non-hydrogen) atoms. The molecule has 154 valence electrons. The Kier molecular flexibility index (Phi) is 5.89. The third kappa shape index (κ3) is 4.48. The maximum Gasteiger partial charge on any atom is 0.270 e. The molecule has 0 saturated carbocycles. The molecule has 1 aliphatic carbocycles. The van der Waals surface area contributed by atoms with Gasteiger partial charge in [-0.05, 0) is 49.8 Å². The minimum atomic E-state index is -0.676. The van der Waals surface area contributed by atoms with Crippen molar-refractivity contribution >= 4 is 11.8 Å². The van der Waals surface area contributed by atoms with Gasteiger partial charge in [0, 0.05) is 37.8 Å². The number of aliphatic hydroxyl groups is 1. The first-order chi connectivity index (χ1) is 14.1. The van der Waals surface area contributed by atoms with Crippen LogP contribution in [0, 0.1) is 0 Å². The van der Waals surface area contributed by atoms with Crippen LogP contribution in [0.5, 0.6) is 0 Å². The number of amides is 2. The van der Waals surface area contributed by atoms with Crippen molar-refractivity contribution in [2.24, 2.45) is 0 Å². The van der Waals surface area contributed by atoms with E-state index in [-0.39, 0.29) is 11.8 Å². The number of piperidine rings is 1. The number of aromatic nitrogens is 3. The van der Waals surface area contributed by atoms with Crippen molar-refractivity contribution in [3.05, 3.63) is 47.0 Å². The van der Waals surface area contributed by atoms with Gasteiger partial charge in [-0.2, -0.15) is 5.10 Å². The van der Waals surface area contributed by atoms with Crippen molar-refractivity contribution in [2.45, 2.75) is 57.1 Å². The highest BCUT2D eigenvalue weighted by Crippen LogP contribution is 2.23. The lowest BCUT2D eigenvalue weighted by atomic mass is 9.94. The number of fused-ring (bicyclic) bond motifs is 1. The lowest BCUT2D eigenvalue weighted by molar-refractivity contribution is -0.133. The average Bonchev–Trinajstić information content (AvgIpc) is 3.17. The number of aromatic amines is 1. The Hall–Kier alpha value is -2.74. The van der Waals surface area contributed by atoms with Crippen LogP contribution in [0.4, 0.5) is 0 Å². The first kappa shape index (κ1) is 19.6. The fourth-order valence-corrected chi connectivity index (χ4v) is 4.19. The van der Waals surface area contributed by atoms with Crippen LogP contribution in [0.25, 0.3) is 0 Å². The van der Waals surface area contributed by atoms with Gasteiger partial charge in [-0.1, -0.05) is 6.07 Å². The van der Waals surface area contributed by atoms with Crippen LogP contribution in [0.1, 0.15) is 53.1 Å². The van der Waals surface area contributed by atoms with Gasteiger partial charge < -0.3 is 15.3 Å². The van der Waals surface area contributed by atoms with Crippen molar-refractivity contribution in [3.63, 3.8) is 0 Å². The number of nitrogens with zero attached hydrogens (tertiary/aromatic N) is 3. The molecule has 0 aromatic carbocycles. The van der Waals surface area contributed by atoms with E-state index < -0.39 is 12.1 Å². The van der Waals surface area contributed by atoms with Crippen LogP contribution in [0.15, 0.2) is 24.4 Å². The molecule has 4 rings (SSSR count). The van der Waals surface area contributed by atoms with Crippen LogP contribution in [-0.2, 0) is 24.1 Å². The number of nitrogens with one attached hydrogen (secondary N) is 2. The maximum atomic E-state index is 12.8. The summed E-state index contributed by atoms with van der Waals surface area (Å²) in [4.78, 5) is 30.9. The van der Waals surface area contributed by atoms with Gasteiger partial charge in [0.2, 0.25) is 5.91 Å². The van der Waals surface area contributed by atoms with Crippen LogP contribution < -0.4 is 5.32 Å². The molecule has 1 fully saturated rings. The van der Waals surface area contributed by atoms with E-state index in [1.165, 1.54) is 24.1 Å². The maximum absolute atomic E-state index is 12.8.